The van der Waals surface area contributed by atoms with E-state index in [1.165, 1.54) is 42.5 Å². The molecule has 3 rings (SSSR count). The maximum atomic E-state index is 11.4. The monoisotopic (exact) mass is 418 g/mol. The van der Waals surface area contributed by atoms with E-state index in [2.05, 4.69) is 10.2 Å². The van der Waals surface area contributed by atoms with Crippen molar-refractivity contribution in [1.29, 1.82) is 0 Å². The zero-order valence-corrected chi connectivity index (χ0v) is 19.9. The molecule has 3 aromatic carbocycles. The topological polar surface area (TPSA) is 137 Å². The van der Waals surface area contributed by atoms with Gasteiger partial charge in [0.15, 0.2) is 0 Å². The Labute approximate surface area is 204 Å². The number of phenols is 1. The summed E-state index contributed by atoms with van der Waals surface area (Å²) >= 11 is 0. The Bertz CT molecular complexity index is 1170. The van der Waals surface area contributed by atoms with Crippen molar-refractivity contribution in [2.45, 2.75) is 4.90 Å². The zero-order valence-electron chi connectivity index (χ0n) is 15.1. The fourth-order valence-corrected chi connectivity index (χ4v) is 3.12. The van der Waals surface area contributed by atoms with Crippen molar-refractivity contribution in [2.75, 3.05) is 0 Å². The van der Waals surface area contributed by atoms with Crippen molar-refractivity contribution in [1.82, 2.24) is 0 Å². The summed E-state index contributed by atoms with van der Waals surface area (Å²) < 4.78 is 32.1. The average molecular weight is 418 g/mol. The first-order valence-corrected chi connectivity index (χ1v) is 8.68. The number of hydrogen-bond acceptors (Lipinski definition) is 6. The molecule has 0 aliphatic carbocycles. The van der Waals surface area contributed by atoms with Gasteiger partial charge in [0.1, 0.15) is 16.2 Å². The van der Waals surface area contributed by atoms with E-state index in [1.54, 1.807) is 12.1 Å². The predicted molar refractivity (Wildman–Crippen MR) is 105 cm³/mol. The maximum absolute atomic E-state index is 11.4. The van der Waals surface area contributed by atoms with Crippen molar-refractivity contribution >= 4 is 97.3 Å². The molecular formula is C17H12N2Na2O6S. The summed E-state index contributed by atoms with van der Waals surface area (Å²) in [4.78, 5) is 10.8. The first-order chi connectivity index (χ1) is 12.3. The molecule has 11 heteroatoms. The molecule has 3 aromatic rings. The maximum Gasteiger partial charge on any atom is 0.339 e. The Morgan fingerprint density at radius 3 is 2.11 bits per heavy atom. The summed E-state index contributed by atoms with van der Waals surface area (Å²) in [5.41, 5.74) is 0.333. The largest absolute Gasteiger partial charge is 0.507 e. The Morgan fingerprint density at radius 1 is 0.893 bits per heavy atom. The fraction of sp³-hybridized carbons (Fsp3) is 0. The third-order valence-corrected chi connectivity index (χ3v) is 4.51. The van der Waals surface area contributed by atoms with Crippen molar-refractivity contribution < 1.29 is 28.0 Å². The average Bonchev–Trinajstić information content (AvgIpc) is 2.59. The van der Waals surface area contributed by atoms with Crippen LogP contribution in [0.1, 0.15) is 10.4 Å². The number of carbonyl (C=O) groups is 1. The van der Waals surface area contributed by atoms with Crippen molar-refractivity contribution in [3.05, 3.63) is 60.2 Å². The standard InChI is InChI=1S/C17H12N2O6S.2Na/c20-15-7-5-12(9-14(15)17(21)22)19-18-11-4-6-13-10(8-11)2-1-3-16(13)26(23,24)25;;/h1-9,20H,(H,21,22)(H,23,24,25);;. The molecule has 28 heavy (non-hydrogen) atoms. The molecule has 2 radical (unpaired) electrons. The Hall–Kier alpha value is -1.30. The smallest absolute Gasteiger partial charge is 0.339 e. The molecule has 0 bridgehead atoms. The van der Waals surface area contributed by atoms with Gasteiger partial charge in [-0.3, -0.25) is 4.55 Å². The van der Waals surface area contributed by atoms with Crippen LogP contribution in [0.25, 0.3) is 10.8 Å². The van der Waals surface area contributed by atoms with Gasteiger partial charge in [0.2, 0.25) is 0 Å². The molecule has 0 aliphatic heterocycles. The van der Waals surface area contributed by atoms with Crippen LogP contribution in [0.5, 0.6) is 5.75 Å². The molecule has 0 atom stereocenters. The van der Waals surface area contributed by atoms with Crippen LogP contribution in [0.15, 0.2) is 69.7 Å². The first kappa shape index (κ1) is 24.7. The van der Waals surface area contributed by atoms with Crippen molar-refractivity contribution in [3.63, 3.8) is 0 Å². The molecular weight excluding hydrogens is 406 g/mol. The van der Waals surface area contributed by atoms with Crippen LogP contribution in [-0.4, -0.2) is 88.3 Å². The predicted octanol–water partition coefficient (Wildman–Crippen LogP) is 3.14. The van der Waals surface area contributed by atoms with Gasteiger partial charge in [-0.2, -0.15) is 18.6 Å². The van der Waals surface area contributed by atoms with Gasteiger partial charge in [-0.1, -0.05) is 18.2 Å². The molecule has 0 aliphatic rings. The number of benzene rings is 3. The minimum atomic E-state index is -4.35. The van der Waals surface area contributed by atoms with Gasteiger partial charge in [0, 0.05) is 64.5 Å². The summed E-state index contributed by atoms with van der Waals surface area (Å²) in [5, 5.41) is 27.2. The number of aromatic carboxylic acids is 1. The van der Waals surface area contributed by atoms with E-state index < -0.39 is 16.1 Å². The Balaban J connectivity index is 0.00000196. The van der Waals surface area contributed by atoms with Crippen molar-refractivity contribution in [2.24, 2.45) is 10.2 Å². The van der Waals surface area contributed by atoms with E-state index in [9.17, 15) is 22.9 Å². The van der Waals surface area contributed by atoms with E-state index in [0.717, 1.165) is 0 Å². The number of fused-ring (bicyclic) bond motifs is 1. The number of azo groups is 1. The Kier molecular flexibility index (Phi) is 8.79. The molecule has 0 unspecified atom stereocenters. The number of carboxylic acids is 1. The minimum Gasteiger partial charge on any atom is -0.507 e. The number of nitrogens with zero attached hydrogens (tertiary/aromatic N) is 2. The molecule has 134 valence electrons. The molecule has 0 spiro atoms. The quantitative estimate of drug-likeness (QED) is 0.338. The molecule has 0 heterocycles. The zero-order chi connectivity index (χ0) is 18.9. The second kappa shape index (κ2) is 9.95. The van der Waals surface area contributed by atoms with Crippen LogP contribution in [0.4, 0.5) is 11.4 Å². The second-order valence-electron chi connectivity index (χ2n) is 5.34. The normalized spacial score (nSPS) is 11.0. The SMILES string of the molecule is O=C(O)c1cc(N=Nc2ccc3c(S(=O)(=O)O)cccc3c2)ccc1O.[Na].[Na]. The van der Waals surface area contributed by atoms with Gasteiger partial charge < -0.3 is 10.2 Å². The van der Waals surface area contributed by atoms with Gasteiger partial charge in [-0.05, 0) is 41.8 Å². The summed E-state index contributed by atoms with van der Waals surface area (Å²) in [5.74, 6) is -1.66. The van der Waals surface area contributed by atoms with Gasteiger partial charge >= 0.3 is 5.97 Å². The van der Waals surface area contributed by atoms with Crippen LogP contribution in [0.3, 0.4) is 0 Å². The molecule has 0 amide bonds. The summed E-state index contributed by atoms with van der Waals surface area (Å²) in [7, 11) is -4.35. The van der Waals surface area contributed by atoms with E-state index >= 15 is 0 Å². The van der Waals surface area contributed by atoms with Crippen molar-refractivity contribution in [3.8, 4) is 5.75 Å². The van der Waals surface area contributed by atoms with Crippen LogP contribution >= 0.6 is 0 Å². The van der Waals surface area contributed by atoms with Crippen LogP contribution < -0.4 is 0 Å². The summed E-state index contributed by atoms with van der Waals surface area (Å²) in [6, 6.07) is 12.8. The van der Waals surface area contributed by atoms with Gasteiger partial charge in [-0.25, -0.2) is 4.79 Å². The number of aromatic hydroxyl groups is 1. The van der Waals surface area contributed by atoms with E-state index in [1.807, 2.05) is 0 Å². The number of hydrogen-bond donors (Lipinski definition) is 3. The van der Waals surface area contributed by atoms with Crippen LogP contribution in [0.2, 0.25) is 0 Å². The molecule has 0 aromatic heterocycles. The Morgan fingerprint density at radius 2 is 1.50 bits per heavy atom. The third kappa shape index (κ3) is 5.62. The minimum absolute atomic E-state index is 0. The number of rotatable bonds is 4. The summed E-state index contributed by atoms with van der Waals surface area (Å²) in [6.07, 6.45) is 0. The molecule has 0 saturated carbocycles. The van der Waals surface area contributed by atoms with E-state index in [-0.39, 0.29) is 81.0 Å². The number of carboxylic acid groups (broad SMARTS) is 1. The molecule has 3 N–H and O–H groups in total. The van der Waals surface area contributed by atoms with Gasteiger partial charge in [0.25, 0.3) is 10.1 Å². The first-order valence-electron chi connectivity index (χ1n) is 7.24. The van der Waals surface area contributed by atoms with E-state index in [4.69, 9.17) is 5.11 Å². The van der Waals surface area contributed by atoms with Crippen LogP contribution in [0, 0.1) is 0 Å². The fourth-order valence-electron chi connectivity index (χ4n) is 2.40. The van der Waals surface area contributed by atoms with Gasteiger partial charge in [-0.15, -0.1) is 0 Å². The second-order valence-corrected chi connectivity index (χ2v) is 6.73. The van der Waals surface area contributed by atoms with Crippen LogP contribution in [-0.2, 0) is 10.1 Å². The van der Waals surface area contributed by atoms with Gasteiger partial charge in [0.05, 0.1) is 11.4 Å². The molecule has 0 saturated heterocycles. The van der Waals surface area contributed by atoms with E-state index in [0.29, 0.717) is 16.5 Å². The summed E-state index contributed by atoms with van der Waals surface area (Å²) in [6.45, 7) is 0. The molecule has 0 fully saturated rings. The third-order valence-electron chi connectivity index (χ3n) is 3.59. The molecule has 8 nitrogen and oxygen atoms in total.